The van der Waals surface area contributed by atoms with E-state index in [2.05, 4.69) is 31.7 Å². The van der Waals surface area contributed by atoms with Gasteiger partial charge in [0.15, 0.2) is 5.82 Å². The highest BCUT2D eigenvalue weighted by Gasteiger charge is 2.22. The second-order valence-corrected chi connectivity index (χ2v) is 6.88. The molecule has 0 unspecified atom stereocenters. The van der Waals surface area contributed by atoms with Crippen LogP contribution >= 0.6 is 27.5 Å². The van der Waals surface area contributed by atoms with Crippen molar-refractivity contribution in [3.63, 3.8) is 0 Å². The summed E-state index contributed by atoms with van der Waals surface area (Å²) < 4.78 is 17.3. The highest BCUT2D eigenvalue weighted by atomic mass is 79.9. The lowest BCUT2D eigenvalue weighted by atomic mass is 10.1. The van der Waals surface area contributed by atoms with Gasteiger partial charge in [-0.15, -0.1) is 0 Å². The average molecular weight is 458 g/mol. The van der Waals surface area contributed by atoms with Crippen molar-refractivity contribution in [2.24, 2.45) is 7.05 Å². The zero-order valence-corrected chi connectivity index (χ0v) is 16.4. The van der Waals surface area contributed by atoms with Gasteiger partial charge in [-0.25, -0.2) is 14.9 Å². The summed E-state index contributed by atoms with van der Waals surface area (Å²) in [6, 6.07) is 6.44. The first kappa shape index (κ1) is 19.6. The van der Waals surface area contributed by atoms with E-state index in [-0.39, 0.29) is 30.0 Å². The number of nitrogens with zero attached hydrogens (tertiary/aromatic N) is 2. The number of nitrogens with one attached hydrogen (secondary N) is 2. The Kier molecular flexibility index (Phi) is 5.95. The second-order valence-electron chi connectivity index (χ2n) is 5.59. The maximum Gasteiger partial charge on any atom is 0.277 e. The molecule has 0 aliphatic rings. The smallest absolute Gasteiger partial charge is 0.277 e. The molecule has 10 heteroatoms. The molecule has 0 bridgehead atoms. The number of carbonyl (C=O) groups excluding carboxylic acids is 1. The van der Waals surface area contributed by atoms with Crippen LogP contribution in [0.15, 0.2) is 35.1 Å². The lowest BCUT2D eigenvalue weighted by molar-refractivity contribution is 0.0169. The minimum absolute atomic E-state index is 0.0170. The molecule has 0 spiro atoms. The molecule has 0 saturated heterocycles. The molecule has 3 N–H and O–H groups in total. The Labute approximate surface area is 167 Å². The van der Waals surface area contributed by atoms with Crippen molar-refractivity contribution in [3.8, 4) is 0 Å². The third kappa shape index (κ3) is 4.06. The Morgan fingerprint density at radius 2 is 2.22 bits per heavy atom. The van der Waals surface area contributed by atoms with E-state index in [9.17, 15) is 4.79 Å². The van der Waals surface area contributed by atoms with E-state index < -0.39 is 11.7 Å². The first-order valence-corrected chi connectivity index (χ1v) is 8.98. The monoisotopic (exact) mass is 456 g/mol. The molecule has 1 amide bonds. The van der Waals surface area contributed by atoms with Crippen LogP contribution in [0.3, 0.4) is 0 Å². The van der Waals surface area contributed by atoms with Gasteiger partial charge in [0.25, 0.3) is 5.91 Å². The molecule has 0 aliphatic carbocycles. The van der Waals surface area contributed by atoms with Gasteiger partial charge < -0.3 is 15.0 Å². The fourth-order valence-electron chi connectivity index (χ4n) is 2.47. The second kappa shape index (κ2) is 8.22. The Balaban J connectivity index is 2.09. The van der Waals surface area contributed by atoms with E-state index in [1.807, 2.05) is 0 Å². The molecule has 142 valence electrons. The van der Waals surface area contributed by atoms with Crippen molar-refractivity contribution in [2.45, 2.75) is 0 Å². The predicted molar refractivity (Wildman–Crippen MR) is 104 cm³/mol. The fourth-order valence-corrected chi connectivity index (χ4v) is 3.25. The van der Waals surface area contributed by atoms with Gasteiger partial charge in [-0.05, 0) is 40.2 Å². The Bertz CT molecular complexity index is 1010. The molecule has 0 radical (unpaired) electrons. The Hall–Kier alpha value is -2.20. The number of carbonyl (C=O) groups is 1. The molecule has 2 aromatic carbocycles. The summed E-state index contributed by atoms with van der Waals surface area (Å²) in [7, 11) is 1.70. The van der Waals surface area contributed by atoms with Gasteiger partial charge in [0.2, 0.25) is 0 Å². The topological polar surface area (TPSA) is 88.4 Å². The van der Waals surface area contributed by atoms with Crippen molar-refractivity contribution in [3.05, 3.63) is 51.5 Å². The summed E-state index contributed by atoms with van der Waals surface area (Å²) in [4.78, 5) is 21.4. The van der Waals surface area contributed by atoms with Crippen molar-refractivity contribution < 1.29 is 19.1 Å². The molecular formula is C17H15BrClFN4O3. The number of hydroxylamine groups is 1. The molecule has 1 heterocycles. The first-order valence-electron chi connectivity index (χ1n) is 7.81. The number of aliphatic hydroxyl groups is 1. The number of aliphatic hydroxyl groups excluding tert-OH is 1. The van der Waals surface area contributed by atoms with Crippen LogP contribution in [0, 0.1) is 5.82 Å². The number of aryl methyl sites for hydroxylation is 1. The third-order valence-corrected chi connectivity index (χ3v) is 4.65. The minimum atomic E-state index is -0.678. The Morgan fingerprint density at radius 1 is 1.44 bits per heavy atom. The van der Waals surface area contributed by atoms with Crippen molar-refractivity contribution in [2.75, 3.05) is 18.5 Å². The largest absolute Gasteiger partial charge is 0.394 e. The lowest BCUT2D eigenvalue weighted by Gasteiger charge is -2.15. The number of anilines is 2. The molecule has 1 aromatic heterocycles. The highest BCUT2D eigenvalue weighted by molar-refractivity contribution is 9.10. The SMILES string of the molecule is Cn1cnc2c(F)c(Nc3ccc(Cl)cc3Br)c(C(=O)NOCCO)cc21. The van der Waals surface area contributed by atoms with Gasteiger partial charge in [-0.3, -0.25) is 9.63 Å². The maximum atomic E-state index is 15.1. The van der Waals surface area contributed by atoms with E-state index in [1.165, 1.54) is 12.4 Å². The van der Waals surface area contributed by atoms with Crippen molar-refractivity contribution in [1.82, 2.24) is 15.0 Å². The molecule has 3 rings (SSSR count). The average Bonchev–Trinajstić information content (AvgIpc) is 3.00. The number of fused-ring (bicyclic) bond motifs is 1. The quantitative estimate of drug-likeness (QED) is 0.389. The summed E-state index contributed by atoms with van der Waals surface area (Å²) in [6.45, 7) is -0.355. The third-order valence-electron chi connectivity index (χ3n) is 3.75. The molecule has 27 heavy (non-hydrogen) atoms. The zero-order chi connectivity index (χ0) is 19.6. The van der Waals surface area contributed by atoms with E-state index in [4.69, 9.17) is 21.5 Å². The van der Waals surface area contributed by atoms with Crippen LogP contribution in [-0.4, -0.2) is 33.8 Å². The molecule has 3 aromatic rings. The van der Waals surface area contributed by atoms with Crippen molar-refractivity contribution in [1.29, 1.82) is 0 Å². The number of aromatic nitrogens is 2. The molecular weight excluding hydrogens is 443 g/mol. The van der Waals surface area contributed by atoms with E-state index in [0.717, 1.165) is 0 Å². The van der Waals surface area contributed by atoms with Gasteiger partial charge in [-0.2, -0.15) is 0 Å². The van der Waals surface area contributed by atoms with E-state index >= 15 is 4.39 Å². The number of hydrogen-bond donors (Lipinski definition) is 3. The summed E-state index contributed by atoms with van der Waals surface area (Å²) in [5.41, 5.74) is 3.22. The maximum absolute atomic E-state index is 15.1. The van der Waals surface area contributed by atoms with Gasteiger partial charge in [-0.1, -0.05) is 11.6 Å². The van der Waals surface area contributed by atoms with Gasteiger partial charge >= 0.3 is 0 Å². The van der Waals surface area contributed by atoms with Gasteiger partial charge in [0.05, 0.1) is 42.0 Å². The molecule has 0 aliphatic heterocycles. The number of amides is 1. The fraction of sp³-hybridized carbons (Fsp3) is 0.176. The minimum Gasteiger partial charge on any atom is -0.394 e. The van der Waals surface area contributed by atoms with Crippen LogP contribution in [0.2, 0.25) is 5.02 Å². The highest BCUT2D eigenvalue weighted by Crippen LogP contribution is 2.34. The predicted octanol–water partition coefficient (Wildman–Crippen LogP) is 3.53. The van der Waals surface area contributed by atoms with Crippen LogP contribution in [0.4, 0.5) is 15.8 Å². The van der Waals surface area contributed by atoms with Crippen molar-refractivity contribution >= 4 is 55.8 Å². The first-order chi connectivity index (χ1) is 12.9. The van der Waals surface area contributed by atoms with Crippen LogP contribution in [0.5, 0.6) is 0 Å². The number of benzene rings is 2. The van der Waals surface area contributed by atoms with Crippen LogP contribution in [0.25, 0.3) is 11.0 Å². The number of halogens is 3. The summed E-state index contributed by atoms with van der Waals surface area (Å²) in [5, 5.41) is 12.2. The zero-order valence-electron chi connectivity index (χ0n) is 14.1. The number of hydrogen-bond acceptors (Lipinski definition) is 5. The molecule has 0 fully saturated rings. The molecule has 0 atom stereocenters. The van der Waals surface area contributed by atoms with Crippen LogP contribution in [0.1, 0.15) is 10.4 Å². The summed E-state index contributed by atoms with van der Waals surface area (Å²) in [6.07, 6.45) is 1.46. The molecule has 7 nitrogen and oxygen atoms in total. The normalized spacial score (nSPS) is 11.0. The van der Waals surface area contributed by atoms with Gasteiger partial charge in [0, 0.05) is 16.5 Å². The van der Waals surface area contributed by atoms with E-state index in [0.29, 0.717) is 20.7 Å². The number of imidazole rings is 1. The lowest BCUT2D eigenvalue weighted by Crippen LogP contribution is -2.26. The Morgan fingerprint density at radius 3 is 2.93 bits per heavy atom. The van der Waals surface area contributed by atoms with Crippen LogP contribution < -0.4 is 10.8 Å². The van der Waals surface area contributed by atoms with Gasteiger partial charge in [0.1, 0.15) is 5.52 Å². The van der Waals surface area contributed by atoms with E-state index in [1.54, 1.807) is 29.8 Å². The standard InChI is InChI=1S/C17H15BrClFN4O3/c1-24-8-21-16-13(24)7-10(17(26)23-27-5-4-25)15(14(16)20)22-12-3-2-9(19)6-11(12)18/h2-3,6-8,22,25H,4-5H2,1H3,(H,23,26). The van der Waals surface area contributed by atoms with Crippen LogP contribution in [-0.2, 0) is 11.9 Å². The summed E-state index contributed by atoms with van der Waals surface area (Å²) in [5.74, 6) is -1.35. The summed E-state index contributed by atoms with van der Waals surface area (Å²) >= 11 is 9.29. The molecule has 0 saturated carbocycles. The number of rotatable bonds is 6.